The van der Waals surface area contributed by atoms with Crippen LogP contribution < -0.4 is 0 Å². The lowest BCUT2D eigenvalue weighted by Crippen LogP contribution is -2.42. The third kappa shape index (κ3) is 3.08. The summed E-state index contributed by atoms with van der Waals surface area (Å²) in [4.78, 5) is 25.2. The van der Waals surface area contributed by atoms with Gasteiger partial charge in [0.15, 0.2) is 5.79 Å². The number of amides is 1. The summed E-state index contributed by atoms with van der Waals surface area (Å²) in [5.41, 5.74) is 0.830. The fourth-order valence-corrected chi connectivity index (χ4v) is 3.54. The molecule has 1 aromatic rings. The molecule has 8 nitrogen and oxygen atoms in total. The van der Waals surface area contributed by atoms with Crippen molar-refractivity contribution < 1.29 is 33.6 Å². The minimum Gasteiger partial charge on any atom is -0.480 e. The second-order valence-corrected chi connectivity index (χ2v) is 6.49. The van der Waals surface area contributed by atoms with E-state index in [4.69, 9.17) is 18.9 Å². The maximum atomic E-state index is 12.4. The van der Waals surface area contributed by atoms with Crippen LogP contribution in [0, 0.1) is 0 Å². The number of carboxylic acids is 1. The van der Waals surface area contributed by atoms with Crippen molar-refractivity contribution in [2.45, 2.75) is 37.1 Å². The minimum absolute atomic E-state index is 0.0323. The third-order valence-electron chi connectivity index (χ3n) is 4.73. The molecule has 4 rings (SSSR count). The molecular formula is C17H19NO7. The van der Waals surface area contributed by atoms with Crippen LogP contribution in [0.1, 0.15) is 12.0 Å². The summed E-state index contributed by atoms with van der Waals surface area (Å²) in [6.45, 7) is 0.951. The molecule has 0 radical (unpaired) electrons. The smallest absolute Gasteiger partial charge is 0.411 e. The van der Waals surface area contributed by atoms with E-state index in [1.54, 1.807) is 0 Å². The number of carbonyl (C=O) groups excluding carboxylic acids is 1. The van der Waals surface area contributed by atoms with E-state index < -0.39 is 23.9 Å². The summed E-state index contributed by atoms with van der Waals surface area (Å²) >= 11 is 0. The Morgan fingerprint density at radius 2 is 1.88 bits per heavy atom. The lowest BCUT2D eigenvalue weighted by molar-refractivity contribution is -0.181. The van der Waals surface area contributed by atoms with Gasteiger partial charge in [0.2, 0.25) is 0 Å². The molecule has 3 aliphatic rings. The number of benzene rings is 1. The van der Waals surface area contributed by atoms with Crippen LogP contribution in [0.2, 0.25) is 0 Å². The predicted molar refractivity (Wildman–Crippen MR) is 82.7 cm³/mol. The SMILES string of the molecule is O=C(O)C1CC2(CN1C(=O)OCc1ccccc1)OC1COCC1O2. The number of aliphatic carboxylic acids is 1. The Kier molecular flexibility index (Phi) is 4.10. The molecular weight excluding hydrogens is 330 g/mol. The van der Waals surface area contributed by atoms with Gasteiger partial charge in [0.25, 0.3) is 0 Å². The Morgan fingerprint density at radius 1 is 1.20 bits per heavy atom. The van der Waals surface area contributed by atoms with Gasteiger partial charge in [-0.25, -0.2) is 9.59 Å². The van der Waals surface area contributed by atoms with E-state index in [0.29, 0.717) is 13.2 Å². The fraction of sp³-hybridized carbons (Fsp3) is 0.529. The van der Waals surface area contributed by atoms with Crippen LogP contribution in [0.4, 0.5) is 4.79 Å². The lowest BCUT2D eigenvalue weighted by Gasteiger charge is -2.24. The van der Waals surface area contributed by atoms with Crippen LogP contribution >= 0.6 is 0 Å². The number of hydrogen-bond donors (Lipinski definition) is 1. The maximum Gasteiger partial charge on any atom is 0.411 e. The number of likely N-dealkylation sites (tertiary alicyclic amines) is 1. The third-order valence-corrected chi connectivity index (χ3v) is 4.73. The Bertz CT molecular complexity index is 652. The minimum atomic E-state index is -1.10. The molecule has 0 aliphatic carbocycles. The van der Waals surface area contributed by atoms with E-state index >= 15 is 0 Å². The Morgan fingerprint density at radius 3 is 2.52 bits per heavy atom. The number of ether oxygens (including phenoxy) is 4. The van der Waals surface area contributed by atoms with E-state index in [2.05, 4.69) is 0 Å². The van der Waals surface area contributed by atoms with Crippen molar-refractivity contribution in [1.82, 2.24) is 4.90 Å². The number of carbonyl (C=O) groups is 2. The molecule has 134 valence electrons. The molecule has 3 fully saturated rings. The van der Waals surface area contributed by atoms with Gasteiger partial charge in [0.05, 0.1) is 19.8 Å². The molecule has 0 bridgehead atoms. The van der Waals surface area contributed by atoms with Gasteiger partial charge in [-0.15, -0.1) is 0 Å². The van der Waals surface area contributed by atoms with Crippen LogP contribution in [0.5, 0.6) is 0 Å². The monoisotopic (exact) mass is 349 g/mol. The topological polar surface area (TPSA) is 94.5 Å². The first-order valence-electron chi connectivity index (χ1n) is 8.20. The quantitative estimate of drug-likeness (QED) is 0.869. The molecule has 3 unspecified atom stereocenters. The van der Waals surface area contributed by atoms with Crippen LogP contribution in [0.25, 0.3) is 0 Å². The maximum absolute atomic E-state index is 12.4. The van der Waals surface area contributed by atoms with Crippen LogP contribution in [0.3, 0.4) is 0 Å². The molecule has 3 atom stereocenters. The zero-order valence-electron chi connectivity index (χ0n) is 13.5. The molecule has 8 heteroatoms. The van der Waals surface area contributed by atoms with E-state index in [9.17, 15) is 14.7 Å². The van der Waals surface area contributed by atoms with Crippen molar-refractivity contribution in [2.24, 2.45) is 0 Å². The number of carboxylic acid groups (broad SMARTS) is 1. The molecule has 3 aliphatic heterocycles. The Labute approximate surface area is 144 Å². The highest BCUT2D eigenvalue weighted by Crippen LogP contribution is 2.41. The van der Waals surface area contributed by atoms with Crippen molar-refractivity contribution in [3.63, 3.8) is 0 Å². The largest absolute Gasteiger partial charge is 0.480 e. The predicted octanol–water partition coefficient (Wildman–Crippen LogP) is 0.993. The molecule has 1 aromatic carbocycles. The summed E-state index contributed by atoms with van der Waals surface area (Å²) in [5, 5.41) is 9.48. The van der Waals surface area contributed by atoms with Crippen molar-refractivity contribution in [2.75, 3.05) is 19.8 Å². The van der Waals surface area contributed by atoms with Gasteiger partial charge in [-0.2, -0.15) is 0 Å². The molecule has 1 spiro atoms. The summed E-state index contributed by atoms with van der Waals surface area (Å²) in [6, 6.07) is 8.17. The van der Waals surface area contributed by atoms with Crippen LogP contribution in [-0.4, -0.2) is 65.9 Å². The Balaban J connectivity index is 1.44. The summed E-state index contributed by atoms with van der Waals surface area (Å²) in [6.07, 6.45) is -1.03. The first-order valence-corrected chi connectivity index (χ1v) is 8.20. The van der Waals surface area contributed by atoms with Gasteiger partial charge >= 0.3 is 12.1 Å². The molecule has 25 heavy (non-hydrogen) atoms. The van der Waals surface area contributed by atoms with Crippen molar-refractivity contribution in [1.29, 1.82) is 0 Å². The van der Waals surface area contributed by atoms with Gasteiger partial charge in [-0.3, -0.25) is 4.90 Å². The molecule has 1 amide bonds. The first-order chi connectivity index (χ1) is 12.1. The van der Waals surface area contributed by atoms with E-state index in [1.807, 2.05) is 30.3 Å². The highest BCUT2D eigenvalue weighted by atomic mass is 16.8. The van der Waals surface area contributed by atoms with Gasteiger partial charge in [0.1, 0.15) is 24.9 Å². The lowest BCUT2D eigenvalue weighted by atomic mass is 10.1. The zero-order valence-corrected chi connectivity index (χ0v) is 13.5. The first kappa shape index (κ1) is 16.3. The number of rotatable bonds is 3. The Hall–Kier alpha value is -2.16. The molecule has 3 heterocycles. The van der Waals surface area contributed by atoms with Crippen molar-refractivity contribution in [3.05, 3.63) is 35.9 Å². The van der Waals surface area contributed by atoms with Crippen LogP contribution in [-0.2, 0) is 30.3 Å². The summed E-state index contributed by atoms with van der Waals surface area (Å²) in [5.74, 6) is -2.19. The standard InChI is InChI=1S/C17H19NO7/c19-15(20)12-6-17(24-13-8-22-9-14(13)25-17)10-18(12)16(21)23-7-11-4-2-1-3-5-11/h1-5,12-14H,6-10H2,(H,19,20). The molecule has 0 aromatic heterocycles. The average molecular weight is 349 g/mol. The number of hydrogen-bond acceptors (Lipinski definition) is 6. The van der Waals surface area contributed by atoms with Crippen molar-refractivity contribution >= 4 is 12.1 Å². The number of nitrogens with zero attached hydrogens (tertiary/aromatic N) is 1. The highest BCUT2D eigenvalue weighted by molar-refractivity contribution is 5.81. The second-order valence-electron chi connectivity index (χ2n) is 6.49. The van der Waals surface area contributed by atoms with E-state index in [-0.39, 0.29) is 31.8 Å². The average Bonchev–Trinajstić information content (AvgIpc) is 3.27. The van der Waals surface area contributed by atoms with Gasteiger partial charge in [0, 0.05) is 6.42 Å². The molecule has 3 saturated heterocycles. The zero-order chi connectivity index (χ0) is 17.4. The normalized spacial score (nSPS) is 33.6. The summed E-state index contributed by atoms with van der Waals surface area (Å²) in [7, 11) is 0. The van der Waals surface area contributed by atoms with Gasteiger partial charge in [-0.1, -0.05) is 30.3 Å². The highest BCUT2D eigenvalue weighted by Gasteiger charge is 2.59. The molecule has 0 saturated carbocycles. The van der Waals surface area contributed by atoms with Gasteiger partial charge in [-0.05, 0) is 5.56 Å². The molecule has 1 N–H and O–H groups in total. The van der Waals surface area contributed by atoms with Crippen molar-refractivity contribution in [3.8, 4) is 0 Å². The second kappa shape index (κ2) is 6.29. The summed E-state index contributed by atoms with van der Waals surface area (Å²) < 4.78 is 22.4. The van der Waals surface area contributed by atoms with Gasteiger partial charge < -0.3 is 24.1 Å². The van der Waals surface area contributed by atoms with Crippen LogP contribution in [0.15, 0.2) is 30.3 Å². The number of fused-ring (bicyclic) bond motifs is 1. The van der Waals surface area contributed by atoms with E-state index in [1.165, 1.54) is 4.90 Å². The fourth-order valence-electron chi connectivity index (χ4n) is 3.54. The van der Waals surface area contributed by atoms with E-state index in [0.717, 1.165) is 5.56 Å².